The Morgan fingerprint density at radius 2 is 1.85 bits per heavy atom. The Kier molecular flexibility index (Phi) is 4.93. The molecule has 0 radical (unpaired) electrons. The van der Waals surface area contributed by atoms with E-state index in [0.717, 1.165) is 10.9 Å². The number of fused-ring (bicyclic) bond motifs is 1. The van der Waals surface area contributed by atoms with Gasteiger partial charge in [-0.05, 0) is 32.0 Å². The van der Waals surface area contributed by atoms with Crippen molar-refractivity contribution in [2.75, 3.05) is 13.2 Å². The van der Waals surface area contributed by atoms with E-state index in [1.807, 2.05) is 0 Å². The SMILES string of the molecule is CCOC(=O)c1nn(-c2cc(C(=O)OCC)c3ccccn3c2=O)cc1O. The van der Waals surface area contributed by atoms with Crippen molar-refractivity contribution in [3.05, 3.63) is 58.3 Å². The Morgan fingerprint density at radius 1 is 1.15 bits per heavy atom. The number of esters is 2. The molecule has 3 aromatic heterocycles. The monoisotopic (exact) mass is 371 g/mol. The van der Waals surface area contributed by atoms with Crippen molar-refractivity contribution in [1.29, 1.82) is 0 Å². The summed E-state index contributed by atoms with van der Waals surface area (Å²) in [6.07, 6.45) is 2.60. The summed E-state index contributed by atoms with van der Waals surface area (Å²) in [5.74, 6) is -1.87. The van der Waals surface area contributed by atoms with Crippen LogP contribution in [-0.4, -0.2) is 44.4 Å². The van der Waals surface area contributed by atoms with Gasteiger partial charge in [0.2, 0.25) is 5.69 Å². The average Bonchev–Trinajstić information content (AvgIpc) is 3.04. The lowest BCUT2D eigenvalue weighted by Gasteiger charge is -2.10. The van der Waals surface area contributed by atoms with Gasteiger partial charge in [0.15, 0.2) is 5.75 Å². The average molecular weight is 371 g/mol. The molecule has 0 aliphatic rings. The second kappa shape index (κ2) is 7.32. The molecular formula is C18H17N3O6. The van der Waals surface area contributed by atoms with E-state index in [4.69, 9.17) is 9.47 Å². The van der Waals surface area contributed by atoms with Crippen LogP contribution in [0.4, 0.5) is 0 Å². The Bertz CT molecular complexity index is 1080. The van der Waals surface area contributed by atoms with E-state index in [1.165, 1.54) is 16.7 Å². The molecule has 27 heavy (non-hydrogen) atoms. The fraction of sp³-hybridized carbons (Fsp3) is 0.222. The van der Waals surface area contributed by atoms with Crippen LogP contribution in [0.2, 0.25) is 0 Å². The van der Waals surface area contributed by atoms with Gasteiger partial charge in [0.25, 0.3) is 5.56 Å². The van der Waals surface area contributed by atoms with E-state index in [1.54, 1.807) is 32.0 Å². The Morgan fingerprint density at radius 3 is 2.56 bits per heavy atom. The highest BCUT2D eigenvalue weighted by Gasteiger charge is 2.22. The highest BCUT2D eigenvalue weighted by Crippen LogP contribution is 2.20. The first-order chi connectivity index (χ1) is 13.0. The van der Waals surface area contributed by atoms with Gasteiger partial charge in [0.1, 0.15) is 5.69 Å². The van der Waals surface area contributed by atoms with Gasteiger partial charge in [-0.1, -0.05) is 6.07 Å². The van der Waals surface area contributed by atoms with Crippen molar-refractivity contribution in [3.8, 4) is 11.4 Å². The van der Waals surface area contributed by atoms with Crippen molar-refractivity contribution in [2.24, 2.45) is 0 Å². The fourth-order valence-corrected chi connectivity index (χ4v) is 2.61. The predicted molar refractivity (Wildman–Crippen MR) is 94.4 cm³/mol. The minimum atomic E-state index is -0.819. The summed E-state index contributed by atoms with van der Waals surface area (Å²) in [6, 6.07) is 6.26. The van der Waals surface area contributed by atoms with Crippen LogP contribution in [-0.2, 0) is 9.47 Å². The lowest BCUT2D eigenvalue weighted by Crippen LogP contribution is -2.23. The molecule has 3 aromatic rings. The summed E-state index contributed by atoms with van der Waals surface area (Å²) in [7, 11) is 0. The number of aromatic nitrogens is 3. The van der Waals surface area contributed by atoms with Crippen molar-refractivity contribution >= 4 is 17.5 Å². The summed E-state index contributed by atoms with van der Waals surface area (Å²) >= 11 is 0. The highest BCUT2D eigenvalue weighted by molar-refractivity contribution is 5.97. The van der Waals surface area contributed by atoms with Crippen molar-refractivity contribution in [2.45, 2.75) is 13.8 Å². The zero-order valence-electron chi connectivity index (χ0n) is 14.7. The molecular weight excluding hydrogens is 354 g/mol. The molecule has 0 fully saturated rings. The van der Waals surface area contributed by atoms with Crippen LogP contribution < -0.4 is 5.56 Å². The molecule has 0 bridgehead atoms. The Hall–Kier alpha value is -3.62. The Labute approximate surface area is 153 Å². The van der Waals surface area contributed by atoms with Gasteiger partial charge in [-0.2, -0.15) is 5.10 Å². The summed E-state index contributed by atoms with van der Waals surface area (Å²) in [6.45, 7) is 3.57. The molecule has 0 amide bonds. The number of hydrogen-bond acceptors (Lipinski definition) is 7. The molecule has 0 aromatic carbocycles. The molecule has 3 heterocycles. The van der Waals surface area contributed by atoms with Crippen molar-refractivity contribution in [1.82, 2.24) is 14.2 Å². The van der Waals surface area contributed by atoms with Gasteiger partial charge in [0.05, 0.1) is 30.5 Å². The maximum atomic E-state index is 12.8. The second-order valence-corrected chi connectivity index (χ2v) is 5.45. The molecule has 9 heteroatoms. The van der Waals surface area contributed by atoms with Crippen LogP contribution >= 0.6 is 0 Å². The van der Waals surface area contributed by atoms with Gasteiger partial charge >= 0.3 is 11.9 Å². The minimum absolute atomic E-state index is 0.0346. The normalized spacial score (nSPS) is 10.7. The second-order valence-electron chi connectivity index (χ2n) is 5.45. The van der Waals surface area contributed by atoms with E-state index in [-0.39, 0.29) is 30.2 Å². The summed E-state index contributed by atoms with van der Waals surface area (Å²) in [5, 5.41) is 13.9. The lowest BCUT2D eigenvalue weighted by atomic mass is 10.2. The first kappa shape index (κ1) is 18.2. The molecule has 1 N–H and O–H groups in total. The predicted octanol–water partition coefficient (Wildman–Crippen LogP) is 1.54. The van der Waals surface area contributed by atoms with E-state index in [9.17, 15) is 19.5 Å². The molecule has 0 spiro atoms. The van der Waals surface area contributed by atoms with Gasteiger partial charge in [-0.15, -0.1) is 0 Å². The molecule has 0 saturated heterocycles. The van der Waals surface area contributed by atoms with Gasteiger partial charge in [0, 0.05) is 6.20 Å². The van der Waals surface area contributed by atoms with E-state index in [2.05, 4.69) is 5.10 Å². The molecule has 0 aliphatic carbocycles. The van der Waals surface area contributed by atoms with Crippen LogP contribution in [0.5, 0.6) is 5.75 Å². The summed E-state index contributed by atoms with van der Waals surface area (Å²) < 4.78 is 12.2. The largest absolute Gasteiger partial charge is 0.504 e. The fourth-order valence-electron chi connectivity index (χ4n) is 2.61. The number of ether oxygens (including phenoxy) is 2. The lowest BCUT2D eigenvalue weighted by molar-refractivity contribution is 0.0509. The van der Waals surface area contributed by atoms with Crippen molar-refractivity contribution < 1.29 is 24.2 Å². The number of hydrogen-bond donors (Lipinski definition) is 1. The number of carbonyl (C=O) groups is 2. The topological polar surface area (TPSA) is 112 Å². The van der Waals surface area contributed by atoms with Gasteiger partial charge in [-0.25, -0.2) is 14.3 Å². The van der Waals surface area contributed by atoms with Gasteiger partial charge < -0.3 is 14.6 Å². The number of pyridine rings is 2. The zero-order chi connectivity index (χ0) is 19.6. The molecule has 0 atom stereocenters. The standard InChI is InChI=1S/C18H17N3O6/c1-3-26-17(24)11-9-13(16(23)20-8-6-5-7-12(11)20)21-10-14(22)15(19-21)18(25)27-4-2/h5-10,22H,3-4H2,1-2H3. The Balaban J connectivity index is 2.22. The van der Waals surface area contributed by atoms with E-state index < -0.39 is 23.2 Å². The number of carbonyl (C=O) groups excluding carboxylic acids is 2. The van der Waals surface area contributed by atoms with Crippen LogP contribution in [0.1, 0.15) is 34.7 Å². The number of rotatable bonds is 5. The van der Waals surface area contributed by atoms with Gasteiger partial charge in [-0.3, -0.25) is 9.20 Å². The molecule has 9 nitrogen and oxygen atoms in total. The smallest absolute Gasteiger partial charge is 0.362 e. The zero-order valence-corrected chi connectivity index (χ0v) is 14.7. The maximum absolute atomic E-state index is 12.8. The third-order valence-electron chi connectivity index (χ3n) is 3.76. The number of aromatic hydroxyl groups is 1. The number of nitrogens with zero attached hydrogens (tertiary/aromatic N) is 3. The van der Waals surface area contributed by atoms with E-state index in [0.29, 0.717) is 5.52 Å². The molecule has 3 rings (SSSR count). The van der Waals surface area contributed by atoms with Crippen LogP contribution in [0.3, 0.4) is 0 Å². The first-order valence-electron chi connectivity index (χ1n) is 8.25. The molecule has 0 aliphatic heterocycles. The van der Waals surface area contributed by atoms with Crippen LogP contribution in [0.25, 0.3) is 11.2 Å². The highest BCUT2D eigenvalue weighted by atomic mass is 16.5. The quantitative estimate of drug-likeness (QED) is 0.677. The maximum Gasteiger partial charge on any atom is 0.362 e. The first-order valence-corrected chi connectivity index (χ1v) is 8.25. The minimum Gasteiger partial charge on any atom is -0.504 e. The van der Waals surface area contributed by atoms with Crippen molar-refractivity contribution in [3.63, 3.8) is 0 Å². The summed E-state index contributed by atoms with van der Waals surface area (Å²) in [4.78, 5) is 37.0. The van der Waals surface area contributed by atoms with Crippen LogP contribution in [0, 0.1) is 0 Å². The summed E-state index contributed by atoms with van der Waals surface area (Å²) in [5.41, 5.74) is -0.331. The third-order valence-corrected chi connectivity index (χ3v) is 3.76. The molecule has 140 valence electrons. The molecule has 0 saturated carbocycles. The molecule has 0 unspecified atom stereocenters. The van der Waals surface area contributed by atoms with Crippen LogP contribution in [0.15, 0.2) is 41.5 Å². The third kappa shape index (κ3) is 3.26. The van der Waals surface area contributed by atoms with E-state index >= 15 is 0 Å².